The Hall–Kier alpha value is -2.77. The number of halogens is 1. The molecule has 5 rings (SSSR count). The molecule has 2 saturated heterocycles. The Balaban J connectivity index is 1.48. The van der Waals surface area contributed by atoms with E-state index in [0.29, 0.717) is 22.6 Å². The zero-order valence-corrected chi connectivity index (χ0v) is 19.9. The Morgan fingerprint density at radius 1 is 0.909 bits per heavy atom. The molecule has 3 aromatic rings. The molecule has 0 saturated carbocycles. The number of rotatable bonds is 6. The summed E-state index contributed by atoms with van der Waals surface area (Å²) in [5.74, 6) is 2.78. The Bertz CT molecular complexity index is 1110. The summed E-state index contributed by atoms with van der Waals surface area (Å²) in [4.78, 5) is 14.8. The predicted molar refractivity (Wildman–Crippen MR) is 133 cm³/mol. The molecule has 2 aromatic carbocycles. The number of nitrogens with one attached hydrogen (secondary N) is 1. The lowest BCUT2D eigenvalue weighted by molar-refractivity contribution is 0.207. The number of aromatic nitrogens is 2. The van der Waals surface area contributed by atoms with Gasteiger partial charge in [0.05, 0.1) is 19.7 Å². The topological polar surface area (TPSA) is 62.8 Å². The van der Waals surface area contributed by atoms with Crippen LogP contribution in [0.25, 0.3) is 10.9 Å². The van der Waals surface area contributed by atoms with Crippen LogP contribution in [0.15, 0.2) is 36.4 Å². The van der Waals surface area contributed by atoms with Crippen LogP contribution in [0.1, 0.15) is 25.7 Å². The molecule has 174 valence electrons. The van der Waals surface area contributed by atoms with E-state index in [2.05, 4.69) is 15.1 Å². The van der Waals surface area contributed by atoms with Gasteiger partial charge in [0.2, 0.25) is 5.95 Å². The number of benzene rings is 2. The molecule has 0 radical (unpaired) electrons. The molecule has 3 heterocycles. The van der Waals surface area contributed by atoms with Crippen molar-refractivity contribution in [3.05, 3.63) is 41.4 Å². The molecule has 0 unspecified atom stereocenters. The van der Waals surface area contributed by atoms with Crippen LogP contribution in [0.3, 0.4) is 0 Å². The highest BCUT2D eigenvalue weighted by molar-refractivity contribution is 6.30. The minimum Gasteiger partial charge on any atom is -0.493 e. The fraction of sp³-hybridized carbons (Fsp3) is 0.440. The molecular formula is C25H30ClN5O2. The summed E-state index contributed by atoms with van der Waals surface area (Å²) in [6, 6.07) is 12.1. The van der Waals surface area contributed by atoms with Crippen LogP contribution in [0.5, 0.6) is 11.5 Å². The van der Waals surface area contributed by atoms with E-state index in [1.807, 2.05) is 36.4 Å². The molecule has 1 aromatic heterocycles. The van der Waals surface area contributed by atoms with Crippen LogP contribution >= 0.6 is 11.6 Å². The summed E-state index contributed by atoms with van der Waals surface area (Å²) in [5.41, 5.74) is 1.73. The zero-order valence-electron chi connectivity index (χ0n) is 19.2. The van der Waals surface area contributed by atoms with Gasteiger partial charge in [-0.25, -0.2) is 4.98 Å². The fourth-order valence-electron chi connectivity index (χ4n) is 4.89. The molecular weight excluding hydrogens is 438 g/mol. The smallest absolute Gasteiger partial charge is 0.227 e. The number of fused-ring (bicyclic) bond motifs is 1. The van der Waals surface area contributed by atoms with E-state index >= 15 is 0 Å². The largest absolute Gasteiger partial charge is 0.493 e. The number of ether oxygens (including phenoxy) is 2. The summed E-state index contributed by atoms with van der Waals surface area (Å²) >= 11 is 6.07. The third-order valence-corrected chi connectivity index (χ3v) is 6.95. The molecule has 1 N–H and O–H groups in total. The fourth-order valence-corrected chi connectivity index (χ4v) is 5.01. The quantitative estimate of drug-likeness (QED) is 0.540. The number of hydrogen-bond donors (Lipinski definition) is 1. The lowest BCUT2D eigenvalue weighted by Gasteiger charge is -2.36. The summed E-state index contributed by atoms with van der Waals surface area (Å²) < 4.78 is 11.1. The van der Waals surface area contributed by atoms with Crippen LogP contribution < -0.4 is 19.7 Å². The minimum absolute atomic E-state index is 0.645. The molecule has 7 nitrogen and oxygen atoms in total. The lowest BCUT2D eigenvalue weighted by atomic mass is 10.0. The van der Waals surface area contributed by atoms with Crippen molar-refractivity contribution in [3.63, 3.8) is 0 Å². The average Bonchev–Trinajstić information content (AvgIpc) is 3.39. The van der Waals surface area contributed by atoms with Crippen molar-refractivity contribution in [1.29, 1.82) is 0 Å². The molecule has 2 aliphatic heterocycles. The van der Waals surface area contributed by atoms with E-state index in [1.54, 1.807) is 14.2 Å². The molecule has 33 heavy (non-hydrogen) atoms. The first-order valence-corrected chi connectivity index (χ1v) is 12.0. The highest BCUT2D eigenvalue weighted by Crippen LogP contribution is 2.36. The molecule has 0 bridgehead atoms. The van der Waals surface area contributed by atoms with E-state index in [4.69, 9.17) is 31.0 Å². The first-order valence-electron chi connectivity index (χ1n) is 11.6. The number of nitrogens with zero attached hydrogens (tertiary/aromatic N) is 4. The third-order valence-electron chi connectivity index (χ3n) is 6.70. The van der Waals surface area contributed by atoms with Crippen LogP contribution in [0.2, 0.25) is 5.02 Å². The Morgan fingerprint density at radius 3 is 2.24 bits per heavy atom. The van der Waals surface area contributed by atoms with Gasteiger partial charge in [0.1, 0.15) is 5.82 Å². The van der Waals surface area contributed by atoms with E-state index in [9.17, 15) is 0 Å². The molecule has 0 spiro atoms. The van der Waals surface area contributed by atoms with Crippen molar-refractivity contribution >= 4 is 40.0 Å². The summed E-state index contributed by atoms with van der Waals surface area (Å²) in [5, 5.41) is 5.02. The molecule has 0 atom stereocenters. The van der Waals surface area contributed by atoms with Gasteiger partial charge < -0.3 is 24.6 Å². The zero-order chi connectivity index (χ0) is 22.8. The van der Waals surface area contributed by atoms with Gasteiger partial charge in [-0.2, -0.15) is 4.98 Å². The Labute approximate surface area is 199 Å². The van der Waals surface area contributed by atoms with Gasteiger partial charge in [-0.15, -0.1) is 0 Å². The highest BCUT2D eigenvalue weighted by Gasteiger charge is 2.28. The second-order valence-electron chi connectivity index (χ2n) is 8.69. The first kappa shape index (κ1) is 22.0. The maximum absolute atomic E-state index is 6.07. The van der Waals surface area contributed by atoms with Crippen LogP contribution in [0, 0.1) is 0 Å². The van der Waals surface area contributed by atoms with Crippen molar-refractivity contribution < 1.29 is 9.47 Å². The Kier molecular flexibility index (Phi) is 6.42. The lowest BCUT2D eigenvalue weighted by Crippen LogP contribution is -2.44. The number of methoxy groups -OCH3 is 2. The average molecular weight is 468 g/mol. The number of piperidine rings is 1. The van der Waals surface area contributed by atoms with Gasteiger partial charge in [-0.3, -0.25) is 0 Å². The van der Waals surface area contributed by atoms with Crippen molar-refractivity contribution in [2.45, 2.75) is 31.7 Å². The number of anilines is 3. The van der Waals surface area contributed by atoms with Gasteiger partial charge in [-0.05, 0) is 69.1 Å². The van der Waals surface area contributed by atoms with Gasteiger partial charge in [0, 0.05) is 41.3 Å². The number of likely N-dealkylation sites (tertiary alicyclic amines) is 1. The SMILES string of the molecule is COc1cc2nc(N3CCC(N4CCCC4)CC3)nc(Nc3ccc(Cl)cc3)c2cc1OC. The maximum Gasteiger partial charge on any atom is 0.227 e. The van der Waals surface area contributed by atoms with Crippen molar-refractivity contribution in [2.75, 3.05) is 50.6 Å². The van der Waals surface area contributed by atoms with Crippen molar-refractivity contribution in [2.24, 2.45) is 0 Å². The number of hydrogen-bond acceptors (Lipinski definition) is 7. The van der Waals surface area contributed by atoms with Crippen molar-refractivity contribution in [3.8, 4) is 11.5 Å². The molecule has 0 amide bonds. The van der Waals surface area contributed by atoms with Crippen LogP contribution in [0.4, 0.5) is 17.5 Å². The van der Waals surface area contributed by atoms with Crippen molar-refractivity contribution in [1.82, 2.24) is 14.9 Å². The van der Waals surface area contributed by atoms with Gasteiger partial charge in [0.15, 0.2) is 11.5 Å². The minimum atomic E-state index is 0.645. The molecule has 0 aliphatic carbocycles. The van der Waals surface area contributed by atoms with Gasteiger partial charge >= 0.3 is 0 Å². The monoisotopic (exact) mass is 467 g/mol. The summed E-state index contributed by atoms with van der Waals surface area (Å²) in [6.45, 7) is 4.41. The van der Waals surface area contributed by atoms with E-state index < -0.39 is 0 Å². The van der Waals surface area contributed by atoms with Crippen LogP contribution in [-0.4, -0.2) is 61.3 Å². The van der Waals surface area contributed by atoms with E-state index in [1.165, 1.54) is 25.9 Å². The maximum atomic E-state index is 6.07. The van der Waals surface area contributed by atoms with Crippen LogP contribution in [-0.2, 0) is 0 Å². The summed E-state index contributed by atoms with van der Waals surface area (Å²) in [6.07, 6.45) is 4.96. The van der Waals surface area contributed by atoms with Gasteiger partial charge in [-0.1, -0.05) is 11.6 Å². The third kappa shape index (κ3) is 4.66. The molecule has 8 heteroatoms. The van der Waals surface area contributed by atoms with E-state index in [-0.39, 0.29) is 0 Å². The second-order valence-corrected chi connectivity index (χ2v) is 9.13. The molecule has 2 aliphatic rings. The standard InChI is InChI=1S/C25H30ClN5O2/c1-32-22-15-20-21(16-23(22)33-2)28-25(29-24(20)27-18-7-5-17(26)6-8-18)31-13-9-19(10-14-31)30-11-3-4-12-30/h5-8,15-16,19H,3-4,9-14H2,1-2H3,(H,27,28,29). The van der Waals surface area contributed by atoms with E-state index in [0.717, 1.165) is 54.3 Å². The second kappa shape index (κ2) is 9.61. The highest BCUT2D eigenvalue weighted by atomic mass is 35.5. The first-order chi connectivity index (χ1) is 16.1. The Morgan fingerprint density at radius 2 is 1.58 bits per heavy atom. The normalized spacial score (nSPS) is 17.5. The summed E-state index contributed by atoms with van der Waals surface area (Å²) in [7, 11) is 3.28. The molecule has 2 fully saturated rings. The predicted octanol–water partition coefficient (Wildman–Crippen LogP) is 5.11. The van der Waals surface area contributed by atoms with Gasteiger partial charge in [0.25, 0.3) is 0 Å².